The van der Waals surface area contributed by atoms with E-state index in [1.807, 2.05) is 48.5 Å². The third kappa shape index (κ3) is 2.39. The molecule has 3 rings (SSSR count). The van der Waals surface area contributed by atoms with Crippen molar-refractivity contribution in [3.8, 4) is 0 Å². The van der Waals surface area contributed by atoms with Gasteiger partial charge in [-0.15, -0.1) is 0 Å². The quantitative estimate of drug-likeness (QED) is 0.724. The molecule has 22 heavy (non-hydrogen) atoms. The van der Waals surface area contributed by atoms with Crippen LogP contribution in [0.4, 0.5) is 0 Å². The first-order valence-electron chi connectivity index (χ1n) is 6.92. The Kier molecular flexibility index (Phi) is 3.51. The van der Waals surface area contributed by atoms with Crippen molar-refractivity contribution in [3.63, 3.8) is 0 Å². The van der Waals surface area contributed by atoms with Gasteiger partial charge in [-0.2, -0.15) is 0 Å². The van der Waals surface area contributed by atoms with Gasteiger partial charge >= 0.3 is 11.9 Å². The van der Waals surface area contributed by atoms with Crippen molar-refractivity contribution in [2.45, 2.75) is 12.8 Å². The van der Waals surface area contributed by atoms with Crippen LogP contribution in [-0.4, -0.2) is 22.2 Å². The highest BCUT2D eigenvalue weighted by Gasteiger charge is 2.17. The van der Waals surface area contributed by atoms with Gasteiger partial charge in [-0.25, -0.2) is 0 Å². The smallest absolute Gasteiger partial charge is 0.307 e. The number of hydrogen-bond donors (Lipinski definition) is 2. The van der Waals surface area contributed by atoms with E-state index in [4.69, 9.17) is 0 Å². The van der Waals surface area contributed by atoms with Gasteiger partial charge in [-0.3, -0.25) is 9.59 Å². The molecule has 0 heterocycles. The number of aliphatic carboxylic acids is 2. The van der Waals surface area contributed by atoms with Gasteiger partial charge in [0.15, 0.2) is 0 Å². The summed E-state index contributed by atoms with van der Waals surface area (Å²) in [5.74, 6) is -1.93. The average molecular weight is 294 g/mol. The minimum atomic E-state index is -0.966. The molecule has 110 valence electrons. The lowest BCUT2D eigenvalue weighted by Crippen LogP contribution is -2.09. The lowest BCUT2D eigenvalue weighted by molar-refractivity contribution is -0.137. The standard InChI is InChI=1S/C18H14O4/c19-17(20)9-15-13-7-3-1-5-11(13)12-6-2-4-8-14(12)16(15)10-18(21)22/h1-8H,9-10H2,(H,19,20)(H,21,22). The summed E-state index contributed by atoms with van der Waals surface area (Å²) >= 11 is 0. The first kappa shape index (κ1) is 14.1. The molecule has 3 aromatic rings. The zero-order valence-electron chi connectivity index (χ0n) is 11.7. The summed E-state index contributed by atoms with van der Waals surface area (Å²) < 4.78 is 0. The van der Waals surface area contributed by atoms with Crippen LogP contribution in [0.25, 0.3) is 21.5 Å². The summed E-state index contributed by atoms with van der Waals surface area (Å²) in [6.45, 7) is 0. The molecule has 0 saturated heterocycles. The molecule has 0 bridgehead atoms. The Balaban J connectivity index is 2.48. The lowest BCUT2D eigenvalue weighted by atomic mass is 9.89. The van der Waals surface area contributed by atoms with Gasteiger partial charge < -0.3 is 10.2 Å². The molecule has 0 unspecified atom stereocenters. The SMILES string of the molecule is O=C(O)Cc1c(CC(=O)O)c2ccccc2c2ccccc12. The minimum absolute atomic E-state index is 0.187. The van der Waals surface area contributed by atoms with E-state index in [-0.39, 0.29) is 12.8 Å². The van der Waals surface area contributed by atoms with E-state index in [1.54, 1.807) is 0 Å². The van der Waals surface area contributed by atoms with Gasteiger partial charge in [0.2, 0.25) is 0 Å². The molecule has 0 amide bonds. The Labute approximate surface area is 126 Å². The first-order valence-corrected chi connectivity index (χ1v) is 6.92. The van der Waals surface area contributed by atoms with Crippen LogP contribution in [0.3, 0.4) is 0 Å². The van der Waals surface area contributed by atoms with Crippen LogP contribution in [-0.2, 0) is 22.4 Å². The van der Waals surface area contributed by atoms with Gasteiger partial charge in [0, 0.05) is 0 Å². The van der Waals surface area contributed by atoms with Gasteiger partial charge in [0.1, 0.15) is 0 Å². The van der Waals surface area contributed by atoms with Crippen molar-refractivity contribution in [3.05, 3.63) is 59.7 Å². The van der Waals surface area contributed by atoms with E-state index in [2.05, 4.69) is 0 Å². The van der Waals surface area contributed by atoms with Gasteiger partial charge in [0.25, 0.3) is 0 Å². The molecule has 4 heteroatoms. The van der Waals surface area contributed by atoms with Crippen molar-refractivity contribution in [1.29, 1.82) is 0 Å². The summed E-state index contributed by atoms with van der Waals surface area (Å²) in [6, 6.07) is 15.1. The van der Waals surface area contributed by atoms with Crippen LogP contribution in [0.1, 0.15) is 11.1 Å². The van der Waals surface area contributed by atoms with Crippen LogP contribution >= 0.6 is 0 Å². The first-order chi connectivity index (χ1) is 10.6. The third-order valence-electron chi connectivity index (χ3n) is 3.81. The molecular weight excluding hydrogens is 280 g/mol. The van der Waals surface area contributed by atoms with Gasteiger partial charge in [-0.1, -0.05) is 48.5 Å². The third-order valence-corrected chi connectivity index (χ3v) is 3.81. The molecule has 0 radical (unpaired) electrons. The van der Waals surface area contributed by atoms with Crippen LogP contribution in [0.5, 0.6) is 0 Å². The minimum Gasteiger partial charge on any atom is -0.481 e. The van der Waals surface area contributed by atoms with Crippen LogP contribution in [0, 0.1) is 0 Å². The Morgan fingerprint density at radius 2 is 0.955 bits per heavy atom. The topological polar surface area (TPSA) is 74.6 Å². The molecule has 0 aliphatic heterocycles. The second kappa shape index (κ2) is 5.48. The maximum Gasteiger partial charge on any atom is 0.307 e. The van der Waals surface area contributed by atoms with Crippen LogP contribution in [0.15, 0.2) is 48.5 Å². The number of carboxylic acid groups (broad SMARTS) is 2. The van der Waals surface area contributed by atoms with Gasteiger partial charge in [0.05, 0.1) is 12.8 Å². The number of rotatable bonds is 4. The van der Waals surface area contributed by atoms with E-state index in [9.17, 15) is 19.8 Å². The number of hydrogen-bond acceptors (Lipinski definition) is 2. The van der Waals surface area contributed by atoms with Gasteiger partial charge in [-0.05, 0) is 32.7 Å². The summed E-state index contributed by atoms with van der Waals surface area (Å²) in [5, 5.41) is 21.9. The molecule has 0 fully saturated rings. The predicted octanol–water partition coefficient (Wildman–Crippen LogP) is 3.25. The lowest BCUT2D eigenvalue weighted by Gasteiger charge is -2.15. The Hall–Kier alpha value is -2.88. The monoisotopic (exact) mass is 294 g/mol. The number of benzene rings is 3. The summed E-state index contributed by atoms with van der Waals surface area (Å²) in [6.07, 6.45) is -0.373. The second-order valence-corrected chi connectivity index (χ2v) is 5.19. The number of fused-ring (bicyclic) bond motifs is 3. The highest BCUT2D eigenvalue weighted by Crippen LogP contribution is 2.33. The van der Waals surface area contributed by atoms with Crippen LogP contribution in [0.2, 0.25) is 0 Å². The van der Waals surface area contributed by atoms with E-state index in [1.165, 1.54) is 0 Å². The number of carboxylic acids is 2. The largest absolute Gasteiger partial charge is 0.481 e. The van der Waals surface area contributed by atoms with E-state index >= 15 is 0 Å². The highest BCUT2D eigenvalue weighted by atomic mass is 16.4. The Morgan fingerprint density at radius 1 is 0.636 bits per heavy atom. The highest BCUT2D eigenvalue weighted by molar-refractivity contribution is 6.12. The molecule has 0 saturated carbocycles. The molecule has 0 aliphatic carbocycles. The molecule has 0 aliphatic rings. The van der Waals surface area contributed by atoms with Crippen molar-refractivity contribution >= 4 is 33.5 Å². The fraction of sp³-hybridized carbons (Fsp3) is 0.111. The van der Waals surface area contributed by atoms with Crippen molar-refractivity contribution < 1.29 is 19.8 Å². The van der Waals surface area contributed by atoms with E-state index in [0.717, 1.165) is 21.5 Å². The molecule has 0 spiro atoms. The van der Waals surface area contributed by atoms with Crippen molar-refractivity contribution in [2.24, 2.45) is 0 Å². The molecule has 0 aromatic heterocycles. The maximum atomic E-state index is 11.2. The molecule has 4 nitrogen and oxygen atoms in total. The van der Waals surface area contributed by atoms with Crippen molar-refractivity contribution in [1.82, 2.24) is 0 Å². The number of carbonyl (C=O) groups is 2. The Bertz CT molecular complexity index is 821. The fourth-order valence-electron chi connectivity index (χ4n) is 2.99. The predicted molar refractivity (Wildman–Crippen MR) is 84.1 cm³/mol. The second-order valence-electron chi connectivity index (χ2n) is 5.19. The zero-order chi connectivity index (χ0) is 15.7. The molecule has 3 aromatic carbocycles. The fourth-order valence-corrected chi connectivity index (χ4v) is 2.99. The average Bonchev–Trinajstić information content (AvgIpc) is 2.50. The zero-order valence-corrected chi connectivity index (χ0v) is 11.7. The Morgan fingerprint density at radius 3 is 1.27 bits per heavy atom. The van der Waals surface area contributed by atoms with Crippen molar-refractivity contribution in [2.75, 3.05) is 0 Å². The summed E-state index contributed by atoms with van der Waals surface area (Å²) in [7, 11) is 0. The van der Waals surface area contributed by atoms with E-state index < -0.39 is 11.9 Å². The van der Waals surface area contributed by atoms with E-state index in [0.29, 0.717) is 11.1 Å². The normalized spacial score (nSPS) is 10.9. The summed E-state index contributed by atoms with van der Waals surface area (Å²) in [4.78, 5) is 22.5. The summed E-state index contributed by atoms with van der Waals surface area (Å²) in [5.41, 5.74) is 1.17. The maximum absolute atomic E-state index is 11.2. The molecule has 0 atom stereocenters. The molecule has 2 N–H and O–H groups in total. The molecular formula is C18H14O4. The van der Waals surface area contributed by atoms with Crippen LogP contribution < -0.4 is 0 Å².